The zero-order valence-electron chi connectivity index (χ0n) is 11.9. The van der Waals surface area contributed by atoms with E-state index in [2.05, 4.69) is 19.2 Å². The SMILES string of the molecule is CCNCC(C)C(C)c1ccc(C(F)(F)F)cc1C. The molecule has 0 radical (unpaired) electrons. The summed E-state index contributed by atoms with van der Waals surface area (Å²) in [6.07, 6.45) is -4.26. The van der Waals surface area contributed by atoms with E-state index in [4.69, 9.17) is 0 Å². The fourth-order valence-electron chi connectivity index (χ4n) is 2.22. The van der Waals surface area contributed by atoms with Crippen LogP contribution in [0.15, 0.2) is 18.2 Å². The molecule has 1 aromatic carbocycles. The molecule has 0 aliphatic heterocycles. The maximum Gasteiger partial charge on any atom is 0.416 e. The minimum Gasteiger partial charge on any atom is -0.317 e. The van der Waals surface area contributed by atoms with Crippen LogP contribution < -0.4 is 5.32 Å². The minimum atomic E-state index is -4.26. The summed E-state index contributed by atoms with van der Waals surface area (Å²) in [6.45, 7) is 9.75. The van der Waals surface area contributed by atoms with E-state index in [1.54, 1.807) is 13.0 Å². The van der Waals surface area contributed by atoms with E-state index in [9.17, 15) is 13.2 Å². The second-order valence-corrected chi connectivity index (χ2v) is 5.14. The fourth-order valence-corrected chi connectivity index (χ4v) is 2.22. The Balaban J connectivity index is 2.90. The van der Waals surface area contributed by atoms with Gasteiger partial charge in [0.1, 0.15) is 0 Å². The Morgan fingerprint density at radius 1 is 1.21 bits per heavy atom. The number of nitrogens with one attached hydrogen (secondary N) is 1. The molecule has 19 heavy (non-hydrogen) atoms. The molecule has 0 saturated heterocycles. The van der Waals surface area contributed by atoms with E-state index in [1.165, 1.54) is 12.1 Å². The highest BCUT2D eigenvalue weighted by molar-refractivity contribution is 5.35. The highest BCUT2D eigenvalue weighted by Crippen LogP contribution is 2.33. The molecule has 0 aromatic heterocycles. The maximum atomic E-state index is 12.6. The summed E-state index contributed by atoms with van der Waals surface area (Å²) in [5.41, 5.74) is 1.14. The normalized spacial score (nSPS) is 15.3. The molecular weight excluding hydrogens is 251 g/mol. The summed E-state index contributed by atoms with van der Waals surface area (Å²) in [6, 6.07) is 4.04. The van der Waals surface area contributed by atoms with Gasteiger partial charge in [-0.1, -0.05) is 26.8 Å². The third-order valence-electron chi connectivity index (χ3n) is 3.66. The van der Waals surface area contributed by atoms with Crippen LogP contribution in [-0.2, 0) is 6.18 Å². The Kier molecular flexibility index (Phi) is 5.41. The van der Waals surface area contributed by atoms with Crippen LogP contribution in [-0.4, -0.2) is 13.1 Å². The number of hydrogen-bond acceptors (Lipinski definition) is 1. The molecule has 1 N–H and O–H groups in total. The number of hydrogen-bond donors (Lipinski definition) is 1. The largest absolute Gasteiger partial charge is 0.416 e. The van der Waals surface area contributed by atoms with Gasteiger partial charge in [-0.2, -0.15) is 13.2 Å². The molecule has 0 bridgehead atoms. The van der Waals surface area contributed by atoms with Crippen molar-refractivity contribution in [3.05, 3.63) is 34.9 Å². The zero-order chi connectivity index (χ0) is 14.6. The Bertz CT molecular complexity index is 412. The van der Waals surface area contributed by atoms with Gasteiger partial charge >= 0.3 is 6.18 Å². The monoisotopic (exact) mass is 273 g/mol. The van der Waals surface area contributed by atoms with Crippen molar-refractivity contribution >= 4 is 0 Å². The number of rotatable bonds is 5. The molecule has 0 spiro atoms. The van der Waals surface area contributed by atoms with Crippen molar-refractivity contribution in [2.24, 2.45) is 5.92 Å². The molecule has 0 amide bonds. The highest BCUT2D eigenvalue weighted by atomic mass is 19.4. The van der Waals surface area contributed by atoms with Crippen LogP contribution in [0, 0.1) is 12.8 Å². The van der Waals surface area contributed by atoms with E-state index in [0.717, 1.165) is 18.7 Å². The van der Waals surface area contributed by atoms with Gasteiger partial charge < -0.3 is 5.32 Å². The molecule has 1 nitrogen and oxygen atoms in total. The molecule has 0 saturated carbocycles. The Hall–Kier alpha value is -1.03. The Morgan fingerprint density at radius 2 is 1.84 bits per heavy atom. The smallest absolute Gasteiger partial charge is 0.317 e. The van der Waals surface area contributed by atoms with E-state index in [0.29, 0.717) is 11.5 Å². The standard InChI is InChI=1S/C15H22F3N/c1-5-19-9-11(3)12(4)14-7-6-13(8-10(14)2)15(16,17)18/h6-8,11-12,19H,5,9H2,1-4H3. The summed E-state index contributed by atoms with van der Waals surface area (Å²) in [7, 11) is 0. The average Bonchev–Trinajstić information content (AvgIpc) is 2.33. The highest BCUT2D eigenvalue weighted by Gasteiger charge is 2.31. The van der Waals surface area contributed by atoms with Crippen LogP contribution in [0.5, 0.6) is 0 Å². The van der Waals surface area contributed by atoms with Crippen molar-refractivity contribution in [3.63, 3.8) is 0 Å². The van der Waals surface area contributed by atoms with Gasteiger partial charge in [-0.15, -0.1) is 0 Å². The van der Waals surface area contributed by atoms with E-state index >= 15 is 0 Å². The minimum absolute atomic E-state index is 0.237. The van der Waals surface area contributed by atoms with Crippen LogP contribution in [0.4, 0.5) is 13.2 Å². The van der Waals surface area contributed by atoms with Crippen molar-refractivity contribution in [1.82, 2.24) is 5.32 Å². The van der Waals surface area contributed by atoms with Crippen LogP contribution in [0.1, 0.15) is 43.4 Å². The zero-order valence-corrected chi connectivity index (χ0v) is 11.9. The summed E-state index contributed by atoms with van der Waals surface area (Å²) >= 11 is 0. The van der Waals surface area contributed by atoms with Gasteiger partial charge in [0.05, 0.1) is 5.56 Å². The summed E-state index contributed by atoms with van der Waals surface area (Å²) < 4.78 is 37.8. The van der Waals surface area contributed by atoms with Gasteiger partial charge in [-0.05, 0) is 55.1 Å². The lowest BCUT2D eigenvalue weighted by Gasteiger charge is -2.23. The molecule has 2 atom stereocenters. The van der Waals surface area contributed by atoms with Gasteiger partial charge in [0.15, 0.2) is 0 Å². The van der Waals surface area contributed by atoms with Crippen LogP contribution in [0.3, 0.4) is 0 Å². The fraction of sp³-hybridized carbons (Fsp3) is 0.600. The van der Waals surface area contributed by atoms with Crippen molar-refractivity contribution in [2.75, 3.05) is 13.1 Å². The lowest BCUT2D eigenvalue weighted by molar-refractivity contribution is -0.137. The first-order valence-corrected chi connectivity index (χ1v) is 6.65. The van der Waals surface area contributed by atoms with Crippen molar-refractivity contribution in [2.45, 2.75) is 39.8 Å². The van der Waals surface area contributed by atoms with Crippen molar-refractivity contribution in [1.29, 1.82) is 0 Å². The Labute approximate surface area is 113 Å². The molecule has 108 valence electrons. The van der Waals surface area contributed by atoms with Crippen LogP contribution >= 0.6 is 0 Å². The lowest BCUT2D eigenvalue weighted by Crippen LogP contribution is -2.24. The predicted molar refractivity (Wildman–Crippen MR) is 72.3 cm³/mol. The first-order chi connectivity index (χ1) is 8.77. The number of aryl methyl sites for hydroxylation is 1. The quantitative estimate of drug-likeness (QED) is 0.840. The summed E-state index contributed by atoms with van der Waals surface area (Å²) in [4.78, 5) is 0. The molecule has 1 aromatic rings. The first kappa shape index (κ1) is 16.0. The third-order valence-corrected chi connectivity index (χ3v) is 3.66. The van der Waals surface area contributed by atoms with Crippen LogP contribution in [0.25, 0.3) is 0 Å². The predicted octanol–water partition coefficient (Wildman–Crippen LogP) is 4.36. The number of alkyl halides is 3. The maximum absolute atomic E-state index is 12.6. The van der Waals surface area contributed by atoms with E-state index in [-0.39, 0.29) is 5.92 Å². The number of halogens is 3. The van der Waals surface area contributed by atoms with Gasteiger partial charge in [0.25, 0.3) is 0 Å². The average molecular weight is 273 g/mol. The second kappa shape index (κ2) is 6.42. The summed E-state index contributed by atoms with van der Waals surface area (Å²) in [5, 5.41) is 3.27. The Morgan fingerprint density at radius 3 is 2.32 bits per heavy atom. The molecule has 0 aliphatic carbocycles. The topological polar surface area (TPSA) is 12.0 Å². The van der Waals surface area contributed by atoms with E-state index in [1.807, 2.05) is 6.92 Å². The number of benzene rings is 1. The molecule has 0 heterocycles. The van der Waals surface area contributed by atoms with Gasteiger partial charge in [-0.25, -0.2) is 0 Å². The lowest BCUT2D eigenvalue weighted by atomic mass is 9.85. The van der Waals surface area contributed by atoms with Gasteiger partial charge in [0, 0.05) is 0 Å². The van der Waals surface area contributed by atoms with E-state index < -0.39 is 11.7 Å². The van der Waals surface area contributed by atoms with Crippen molar-refractivity contribution in [3.8, 4) is 0 Å². The second-order valence-electron chi connectivity index (χ2n) is 5.14. The molecule has 1 rings (SSSR count). The molecular formula is C15H22F3N. The molecule has 0 fully saturated rings. The van der Waals surface area contributed by atoms with Gasteiger partial charge in [-0.3, -0.25) is 0 Å². The summed E-state index contributed by atoms with van der Waals surface area (Å²) in [5.74, 6) is 0.622. The molecule has 4 heteroatoms. The third kappa shape index (κ3) is 4.23. The molecule has 0 aliphatic rings. The van der Waals surface area contributed by atoms with Crippen molar-refractivity contribution < 1.29 is 13.2 Å². The molecule has 2 unspecified atom stereocenters. The van der Waals surface area contributed by atoms with Crippen LogP contribution in [0.2, 0.25) is 0 Å². The van der Waals surface area contributed by atoms with Gasteiger partial charge in [0.2, 0.25) is 0 Å². The first-order valence-electron chi connectivity index (χ1n) is 6.65.